The van der Waals surface area contributed by atoms with E-state index in [9.17, 15) is 0 Å². The number of aryl methyl sites for hydroxylation is 1. The molecule has 3 aromatic carbocycles. The van der Waals surface area contributed by atoms with Gasteiger partial charge < -0.3 is 9.64 Å². The molecule has 3 nitrogen and oxygen atoms in total. The summed E-state index contributed by atoms with van der Waals surface area (Å²) in [7, 11) is 2.21. The van der Waals surface area contributed by atoms with Crippen molar-refractivity contribution in [2.75, 3.05) is 11.9 Å². The van der Waals surface area contributed by atoms with E-state index in [0.717, 1.165) is 23.6 Å². The summed E-state index contributed by atoms with van der Waals surface area (Å²) in [6.45, 7) is 9.14. The molecule has 0 spiro atoms. The SMILES string of the molecule is Cc1cc2c(cc1C=Nc1ccc(Oc3ccccc3)cc1)[C@H](C)CC(C)(C)N2C. The van der Waals surface area contributed by atoms with Crippen LogP contribution in [0.3, 0.4) is 0 Å². The Balaban J connectivity index is 1.54. The lowest BCUT2D eigenvalue weighted by Crippen LogP contribution is -2.45. The molecule has 0 amide bonds. The number of fused-ring (bicyclic) bond motifs is 1. The molecule has 154 valence electrons. The van der Waals surface area contributed by atoms with Crippen molar-refractivity contribution in [1.82, 2.24) is 0 Å². The highest BCUT2D eigenvalue weighted by Crippen LogP contribution is 2.43. The summed E-state index contributed by atoms with van der Waals surface area (Å²) < 4.78 is 5.86. The van der Waals surface area contributed by atoms with Gasteiger partial charge in [0.25, 0.3) is 0 Å². The van der Waals surface area contributed by atoms with Crippen molar-refractivity contribution in [3.8, 4) is 11.5 Å². The molecule has 3 heteroatoms. The molecule has 1 aliphatic rings. The van der Waals surface area contributed by atoms with E-state index < -0.39 is 0 Å². The second-order valence-electron chi connectivity index (χ2n) is 8.91. The summed E-state index contributed by atoms with van der Waals surface area (Å²) in [5.41, 5.74) is 6.28. The topological polar surface area (TPSA) is 24.8 Å². The zero-order chi connectivity index (χ0) is 21.3. The Hall–Kier alpha value is -3.07. The third kappa shape index (κ3) is 4.11. The van der Waals surface area contributed by atoms with Gasteiger partial charge in [-0.2, -0.15) is 0 Å². The zero-order valence-corrected chi connectivity index (χ0v) is 18.5. The number of para-hydroxylation sites is 1. The summed E-state index contributed by atoms with van der Waals surface area (Å²) in [5, 5.41) is 0. The monoisotopic (exact) mass is 398 g/mol. The minimum atomic E-state index is 0.179. The molecule has 0 fully saturated rings. The van der Waals surface area contributed by atoms with Crippen LogP contribution in [0, 0.1) is 6.92 Å². The molecule has 0 aliphatic carbocycles. The van der Waals surface area contributed by atoms with Crippen LogP contribution in [0.2, 0.25) is 0 Å². The first-order chi connectivity index (χ1) is 14.3. The van der Waals surface area contributed by atoms with Crippen molar-refractivity contribution in [1.29, 1.82) is 0 Å². The molecule has 3 aromatic rings. The van der Waals surface area contributed by atoms with Crippen molar-refractivity contribution in [3.63, 3.8) is 0 Å². The van der Waals surface area contributed by atoms with Gasteiger partial charge in [-0.05, 0) is 98.3 Å². The van der Waals surface area contributed by atoms with Crippen LogP contribution < -0.4 is 9.64 Å². The first-order valence-electron chi connectivity index (χ1n) is 10.6. The van der Waals surface area contributed by atoms with E-state index in [1.807, 2.05) is 60.8 Å². The summed E-state index contributed by atoms with van der Waals surface area (Å²) in [6, 6.07) is 22.3. The number of ether oxygens (including phenoxy) is 1. The highest BCUT2D eigenvalue weighted by molar-refractivity contribution is 5.86. The molecular weight excluding hydrogens is 368 g/mol. The Morgan fingerprint density at radius 2 is 1.67 bits per heavy atom. The maximum atomic E-state index is 5.86. The number of anilines is 1. The maximum Gasteiger partial charge on any atom is 0.127 e. The molecule has 1 heterocycles. The van der Waals surface area contributed by atoms with Gasteiger partial charge in [-0.1, -0.05) is 25.1 Å². The lowest BCUT2D eigenvalue weighted by molar-refractivity contribution is 0.395. The molecule has 0 radical (unpaired) electrons. The van der Waals surface area contributed by atoms with Gasteiger partial charge in [0.15, 0.2) is 0 Å². The van der Waals surface area contributed by atoms with Crippen molar-refractivity contribution in [2.24, 2.45) is 4.99 Å². The van der Waals surface area contributed by atoms with Gasteiger partial charge in [-0.15, -0.1) is 0 Å². The number of nitrogens with zero attached hydrogens (tertiary/aromatic N) is 2. The van der Waals surface area contributed by atoms with Crippen LogP contribution in [0.4, 0.5) is 11.4 Å². The molecule has 0 unspecified atom stereocenters. The lowest BCUT2D eigenvalue weighted by Gasteiger charge is -2.45. The first-order valence-corrected chi connectivity index (χ1v) is 10.6. The van der Waals surface area contributed by atoms with Crippen LogP contribution in [0.15, 0.2) is 71.7 Å². The van der Waals surface area contributed by atoms with Crippen molar-refractivity contribution in [2.45, 2.75) is 45.6 Å². The molecule has 1 aliphatic heterocycles. The molecule has 0 saturated heterocycles. The van der Waals surface area contributed by atoms with E-state index in [-0.39, 0.29) is 5.54 Å². The number of benzene rings is 3. The van der Waals surface area contributed by atoms with Crippen molar-refractivity contribution >= 4 is 17.6 Å². The molecule has 0 saturated carbocycles. The largest absolute Gasteiger partial charge is 0.457 e. The molecule has 1 atom stereocenters. The number of hydrogen-bond acceptors (Lipinski definition) is 3. The van der Waals surface area contributed by atoms with E-state index in [0.29, 0.717) is 5.92 Å². The second-order valence-corrected chi connectivity index (χ2v) is 8.91. The van der Waals surface area contributed by atoms with E-state index in [1.165, 1.54) is 22.4 Å². The minimum absolute atomic E-state index is 0.179. The fourth-order valence-electron chi connectivity index (χ4n) is 4.24. The quantitative estimate of drug-likeness (QED) is 0.432. The number of hydrogen-bond donors (Lipinski definition) is 0. The second kappa shape index (κ2) is 7.98. The third-order valence-corrected chi connectivity index (χ3v) is 6.19. The van der Waals surface area contributed by atoms with Crippen molar-refractivity contribution in [3.05, 3.63) is 83.4 Å². The van der Waals surface area contributed by atoms with E-state index in [4.69, 9.17) is 9.73 Å². The smallest absolute Gasteiger partial charge is 0.127 e. The van der Waals surface area contributed by atoms with Gasteiger partial charge in [0.1, 0.15) is 11.5 Å². The molecular formula is C27H30N2O. The van der Waals surface area contributed by atoms with Crippen molar-refractivity contribution < 1.29 is 4.74 Å². The molecule has 4 rings (SSSR count). The molecule has 30 heavy (non-hydrogen) atoms. The molecule has 0 aromatic heterocycles. The van der Waals surface area contributed by atoms with Crippen LogP contribution >= 0.6 is 0 Å². The van der Waals surface area contributed by atoms with Gasteiger partial charge in [-0.25, -0.2) is 0 Å². The predicted octanol–water partition coefficient (Wildman–Crippen LogP) is 7.26. The number of rotatable bonds is 4. The third-order valence-electron chi connectivity index (χ3n) is 6.19. The van der Waals surface area contributed by atoms with Gasteiger partial charge >= 0.3 is 0 Å². The summed E-state index contributed by atoms with van der Waals surface area (Å²) in [6.07, 6.45) is 3.13. The normalized spacial score (nSPS) is 17.8. The average molecular weight is 399 g/mol. The minimum Gasteiger partial charge on any atom is -0.457 e. The van der Waals surface area contributed by atoms with Gasteiger partial charge in [-0.3, -0.25) is 4.99 Å². The average Bonchev–Trinajstić information content (AvgIpc) is 2.72. The summed E-state index contributed by atoms with van der Waals surface area (Å²) in [4.78, 5) is 7.13. The Morgan fingerprint density at radius 1 is 1.00 bits per heavy atom. The predicted molar refractivity (Wildman–Crippen MR) is 127 cm³/mol. The fourth-order valence-corrected chi connectivity index (χ4v) is 4.24. The Kier molecular flexibility index (Phi) is 5.38. The standard InChI is InChI=1S/C27H30N2O/c1-19-15-26-25(20(2)17-27(3,4)29(26)5)16-21(19)18-28-22-11-13-24(14-12-22)30-23-9-7-6-8-10-23/h6-16,18,20H,17H2,1-5H3/t20-/m1/s1. The van der Waals surface area contributed by atoms with E-state index in [1.54, 1.807) is 0 Å². The van der Waals surface area contributed by atoms with Crippen LogP contribution in [0.1, 0.15) is 49.8 Å². The van der Waals surface area contributed by atoms with Crippen LogP contribution in [-0.2, 0) is 0 Å². The van der Waals surface area contributed by atoms with Crippen LogP contribution in [0.5, 0.6) is 11.5 Å². The Bertz CT molecular complexity index is 1050. The zero-order valence-electron chi connectivity index (χ0n) is 18.5. The van der Waals surface area contributed by atoms with Gasteiger partial charge in [0.05, 0.1) is 5.69 Å². The van der Waals surface area contributed by atoms with Crippen LogP contribution in [0.25, 0.3) is 0 Å². The molecule has 0 N–H and O–H groups in total. The van der Waals surface area contributed by atoms with E-state index >= 15 is 0 Å². The highest BCUT2D eigenvalue weighted by Gasteiger charge is 2.34. The first kappa shape index (κ1) is 20.2. The fraction of sp³-hybridized carbons (Fsp3) is 0.296. The maximum absolute atomic E-state index is 5.86. The van der Waals surface area contributed by atoms with Gasteiger partial charge in [0.2, 0.25) is 0 Å². The molecule has 0 bridgehead atoms. The van der Waals surface area contributed by atoms with Crippen LogP contribution in [-0.4, -0.2) is 18.8 Å². The summed E-state index contributed by atoms with van der Waals surface area (Å²) in [5.74, 6) is 2.18. The summed E-state index contributed by atoms with van der Waals surface area (Å²) >= 11 is 0. The Morgan fingerprint density at radius 3 is 2.37 bits per heavy atom. The Labute approximate surface area is 180 Å². The van der Waals surface area contributed by atoms with Gasteiger partial charge in [0, 0.05) is 24.5 Å². The lowest BCUT2D eigenvalue weighted by atomic mass is 9.79. The highest BCUT2D eigenvalue weighted by atomic mass is 16.5. The van der Waals surface area contributed by atoms with E-state index in [2.05, 4.69) is 51.8 Å². The number of aliphatic imine (C=N–C) groups is 1.